The highest BCUT2D eigenvalue weighted by molar-refractivity contribution is 5.36. The minimum Gasteiger partial charge on any atom is -0.0979 e. The van der Waals surface area contributed by atoms with Crippen LogP contribution in [0.5, 0.6) is 0 Å². The van der Waals surface area contributed by atoms with Crippen molar-refractivity contribution in [3.8, 4) is 11.8 Å². The molecule has 2 rings (SSSR count). The van der Waals surface area contributed by atoms with Crippen LogP contribution < -0.4 is 0 Å². The first-order chi connectivity index (χ1) is 11.3. The van der Waals surface area contributed by atoms with Crippen LogP contribution in [0.15, 0.2) is 24.3 Å². The molecule has 126 valence electrons. The van der Waals surface area contributed by atoms with Crippen LogP contribution in [0, 0.1) is 23.7 Å². The minimum atomic E-state index is 0.969. The van der Waals surface area contributed by atoms with Gasteiger partial charge in [0.1, 0.15) is 0 Å². The Morgan fingerprint density at radius 3 is 2.13 bits per heavy atom. The summed E-state index contributed by atoms with van der Waals surface area (Å²) in [6.07, 6.45) is 14.9. The highest BCUT2D eigenvalue weighted by Gasteiger charge is 2.20. The summed E-state index contributed by atoms with van der Waals surface area (Å²) in [6.45, 7) is 4.49. The zero-order valence-corrected chi connectivity index (χ0v) is 15.2. The van der Waals surface area contributed by atoms with E-state index in [1.54, 1.807) is 0 Å². The van der Waals surface area contributed by atoms with Gasteiger partial charge >= 0.3 is 0 Å². The Balaban J connectivity index is 1.69. The molecule has 0 radical (unpaired) electrons. The van der Waals surface area contributed by atoms with Crippen molar-refractivity contribution in [1.82, 2.24) is 0 Å². The van der Waals surface area contributed by atoms with Gasteiger partial charge in [0.25, 0.3) is 0 Å². The zero-order chi connectivity index (χ0) is 16.3. The lowest BCUT2D eigenvalue weighted by molar-refractivity contribution is 0.250. The fourth-order valence-electron chi connectivity index (χ4n) is 3.72. The third kappa shape index (κ3) is 6.82. The average molecular weight is 311 g/mol. The van der Waals surface area contributed by atoms with Gasteiger partial charge in [0.05, 0.1) is 0 Å². The fourth-order valence-corrected chi connectivity index (χ4v) is 3.72. The lowest BCUT2D eigenvalue weighted by Gasteiger charge is -2.28. The molecule has 0 aliphatic heterocycles. The summed E-state index contributed by atoms with van der Waals surface area (Å²) in [7, 11) is 0. The van der Waals surface area contributed by atoms with E-state index in [1.165, 1.54) is 68.9 Å². The minimum absolute atomic E-state index is 0.969. The molecule has 0 heteroatoms. The smallest absolute Gasteiger partial charge is 0.0245 e. The van der Waals surface area contributed by atoms with Crippen molar-refractivity contribution >= 4 is 0 Å². The van der Waals surface area contributed by atoms with E-state index in [9.17, 15) is 0 Å². The molecule has 0 amide bonds. The van der Waals surface area contributed by atoms with E-state index < -0.39 is 0 Å². The maximum Gasteiger partial charge on any atom is 0.0245 e. The van der Waals surface area contributed by atoms with Gasteiger partial charge in [0.2, 0.25) is 0 Å². The normalized spacial score (nSPS) is 20.8. The first-order valence-electron chi connectivity index (χ1n) is 9.89. The Hall–Kier alpha value is -1.22. The standard InChI is InChI=1S/C23H34/c1-3-5-7-9-21-12-16-23(17-13-21)19-18-22-14-10-20(11-15-22)8-6-4-2/h12-13,16-17,20,22H,3-6,8,10-11,14-15,18-19H2,1-2H3/t20-,22-. The molecule has 0 unspecified atom stereocenters. The Morgan fingerprint density at radius 2 is 1.52 bits per heavy atom. The van der Waals surface area contributed by atoms with Crippen molar-refractivity contribution < 1.29 is 0 Å². The highest BCUT2D eigenvalue weighted by Crippen LogP contribution is 2.34. The van der Waals surface area contributed by atoms with E-state index in [0.29, 0.717) is 0 Å². The van der Waals surface area contributed by atoms with E-state index in [-0.39, 0.29) is 0 Å². The largest absolute Gasteiger partial charge is 0.0979 e. The van der Waals surface area contributed by atoms with Gasteiger partial charge in [-0.25, -0.2) is 0 Å². The molecule has 1 aromatic rings. The van der Waals surface area contributed by atoms with Gasteiger partial charge in [-0.1, -0.05) is 82.8 Å². The number of benzene rings is 1. The third-order valence-corrected chi connectivity index (χ3v) is 5.34. The quantitative estimate of drug-likeness (QED) is 0.488. The van der Waals surface area contributed by atoms with Crippen molar-refractivity contribution in [3.63, 3.8) is 0 Å². The predicted molar refractivity (Wildman–Crippen MR) is 102 cm³/mol. The van der Waals surface area contributed by atoms with E-state index >= 15 is 0 Å². The van der Waals surface area contributed by atoms with E-state index in [0.717, 1.165) is 24.7 Å². The van der Waals surface area contributed by atoms with Crippen LogP contribution in [0.2, 0.25) is 0 Å². The Labute approximate surface area is 144 Å². The van der Waals surface area contributed by atoms with Crippen LogP contribution in [-0.2, 0) is 6.42 Å². The lowest BCUT2D eigenvalue weighted by atomic mass is 9.78. The summed E-state index contributed by atoms with van der Waals surface area (Å²) >= 11 is 0. The molecule has 1 saturated carbocycles. The predicted octanol–water partition coefficient (Wildman–Crippen LogP) is 6.77. The highest BCUT2D eigenvalue weighted by atomic mass is 14.3. The van der Waals surface area contributed by atoms with Crippen LogP contribution in [0.1, 0.15) is 89.2 Å². The Morgan fingerprint density at radius 1 is 0.870 bits per heavy atom. The van der Waals surface area contributed by atoms with Crippen molar-refractivity contribution in [1.29, 1.82) is 0 Å². The van der Waals surface area contributed by atoms with E-state index in [1.807, 2.05) is 0 Å². The summed E-state index contributed by atoms with van der Waals surface area (Å²) in [5.74, 6) is 8.48. The summed E-state index contributed by atoms with van der Waals surface area (Å²) in [5.41, 5.74) is 2.65. The van der Waals surface area contributed by atoms with Crippen molar-refractivity contribution in [2.45, 2.75) is 84.5 Å². The molecule has 0 bridgehead atoms. The van der Waals surface area contributed by atoms with Crippen LogP contribution in [0.3, 0.4) is 0 Å². The second-order valence-electron chi connectivity index (χ2n) is 7.32. The molecule has 1 fully saturated rings. The van der Waals surface area contributed by atoms with Crippen LogP contribution in [-0.4, -0.2) is 0 Å². The second kappa shape index (κ2) is 10.5. The average Bonchev–Trinajstić information content (AvgIpc) is 2.60. The summed E-state index contributed by atoms with van der Waals surface area (Å²) in [5, 5.41) is 0. The molecule has 0 nitrogen and oxygen atoms in total. The van der Waals surface area contributed by atoms with Gasteiger partial charge in [-0.3, -0.25) is 0 Å². The molecule has 0 heterocycles. The maximum absolute atomic E-state index is 3.25. The van der Waals surface area contributed by atoms with Gasteiger partial charge in [0, 0.05) is 12.0 Å². The van der Waals surface area contributed by atoms with Crippen molar-refractivity contribution in [2.24, 2.45) is 11.8 Å². The van der Waals surface area contributed by atoms with Gasteiger partial charge in [-0.2, -0.15) is 0 Å². The molecule has 23 heavy (non-hydrogen) atoms. The number of unbranched alkanes of at least 4 members (excludes halogenated alkanes) is 2. The molecule has 1 aromatic carbocycles. The summed E-state index contributed by atoms with van der Waals surface area (Å²) < 4.78 is 0. The number of aryl methyl sites for hydroxylation is 1. The Bertz CT molecular complexity index is 477. The number of rotatable bonds is 7. The van der Waals surface area contributed by atoms with E-state index in [4.69, 9.17) is 0 Å². The van der Waals surface area contributed by atoms with Crippen LogP contribution >= 0.6 is 0 Å². The summed E-state index contributed by atoms with van der Waals surface area (Å²) in [4.78, 5) is 0. The molecule has 0 saturated heterocycles. The van der Waals surface area contributed by atoms with Gasteiger partial charge < -0.3 is 0 Å². The van der Waals surface area contributed by atoms with Gasteiger partial charge in [-0.15, -0.1) is 0 Å². The molecular weight excluding hydrogens is 276 g/mol. The molecule has 0 aromatic heterocycles. The molecule has 1 aliphatic rings. The number of hydrogen-bond acceptors (Lipinski definition) is 0. The zero-order valence-electron chi connectivity index (χ0n) is 15.2. The first-order valence-corrected chi connectivity index (χ1v) is 9.89. The van der Waals surface area contributed by atoms with Gasteiger partial charge in [0.15, 0.2) is 0 Å². The van der Waals surface area contributed by atoms with E-state index in [2.05, 4.69) is 50.0 Å². The van der Waals surface area contributed by atoms with Gasteiger partial charge in [-0.05, 0) is 48.8 Å². The summed E-state index contributed by atoms with van der Waals surface area (Å²) in [6, 6.07) is 8.95. The molecule has 0 N–H and O–H groups in total. The maximum atomic E-state index is 3.25. The molecule has 1 aliphatic carbocycles. The molecular formula is C23H34. The lowest BCUT2D eigenvalue weighted by Crippen LogP contribution is -2.15. The van der Waals surface area contributed by atoms with Crippen LogP contribution in [0.25, 0.3) is 0 Å². The third-order valence-electron chi connectivity index (χ3n) is 5.34. The topological polar surface area (TPSA) is 0 Å². The van der Waals surface area contributed by atoms with Crippen LogP contribution in [0.4, 0.5) is 0 Å². The number of hydrogen-bond donors (Lipinski definition) is 0. The molecule has 0 spiro atoms. The monoisotopic (exact) mass is 310 g/mol. The first kappa shape index (κ1) is 18.1. The second-order valence-corrected chi connectivity index (χ2v) is 7.32. The fraction of sp³-hybridized carbons (Fsp3) is 0.652. The Kier molecular flexibility index (Phi) is 8.30. The SMILES string of the molecule is CCCC#Cc1ccc(CC[C@H]2CC[C@H](CCCC)CC2)cc1. The van der Waals surface area contributed by atoms with Crippen molar-refractivity contribution in [3.05, 3.63) is 35.4 Å². The van der Waals surface area contributed by atoms with Crippen molar-refractivity contribution in [2.75, 3.05) is 0 Å². The molecule has 0 atom stereocenters.